The summed E-state index contributed by atoms with van der Waals surface area (Å²) < 4.78 is 13.0. The largest absolute Gasteiger partial charge is 0.506 e. The van der Waals surface area contributed by atoms with E-state index < -0.39 is 0 Å². The molecule has 0 saturated heterocycles. The molecule has 4 aromatic rings. The van der Waals surface area contributed by atoms with Gasteiger partial charge in [-0.1, -0.05) is 39.8 Å². The zero-order valence-electron chi connectivity index (χ0n) is 26.4. The Kier molecular flexibility index (Phi) is 6.25. The van der Waals surface area contributed by atoms with Crippen LogP contribution >= 0.6 is 0 Å². The number of aromatic hydroxyl groups is 2. The van der Waals surface area contributed by atoms with Crippen LogP contribution in [-0.4, -0.2) is 10.2 Å². The number of nitrogens with two attached hydrogens (primary N) is 2. The van der Waals surface area contributed by atoms with Crippen LogP contribution in [0.1, 0.15) is 85.0 Å². The van der Waals surface area contributed by atoms with Crippen LogP contribution in [0.5, 0.6) is 34.5 Å². The van der Waals surface area contributed by atoms with Gasteiger partial charge in [0.05, 0.1) is 11.4 Å². The van der Waals surface area contributed by atoms with E-state index in [-0.39, 0.29) is 27.7 Å². The summed E-state index contributed by atoms with van der Waals surface area (Å²) in [7, 11) is 0. The smallest absolute Gasteiger partial charge is 0.142 e. The lowest BCUT2D eigenvalue weighted by Gasteiger charge is -2.33. The van der Waals surface area contributed by atoms with Crippen LogP contribution in [-0.2, 0) is 16.2 Å². The quantitative estimate of drug-likeness (QED) is 0.142. The Morgan fingerprint density at radius 2 is 0.977 bits per heavy atom. The fourth-order valence-corrected chi connectivity index (χ4v) is 8.20. The Morgan fingerprint density at radius 3 is 1.33 bits per heavy atom. The van der Waals surface area contributed by atoms with Crippen LogP contribution in [0.4, 0.5) is 11.4 Å². The molecule has 0 atom stereocenters. The summed E-state index contributed by atoms with van der Waals surface area (Å²) in [6.45, 7) is 17.9. The number of benzene rings is 4. The van der Waals surface area contributed by atoms with Crippen molar-refractivity contribution in [2.24, 2.45) is 0 Å². The summed E-state index contributed by atoms with van der Waals surface area (Å²) in [6, 6.07) is 14.6. The monoisotopic (exact) mass is 578 g/mol. The fourth-order valence-electron chi connectivity index (χ4n) is 8.20. The third-order valence-electron chi connectivity index (χ3n) is 9.75. The highest BCUT2D eigenvalue weighted by atomic mass is 16.5. The summed E-state index contributed by atoms with van der Waals surface area (Å²) in [4.78, 5) is 0. The molecule has 0 radical (unpaired) electrons. The first-order valence-corrected chi connectivity index (χ1v) is 14.9. The van der Waals surface area contributed by atoms with E-state index in [0.717, 1.165) is 46.6 Å². The number of hydrogen-bond donors (Lipinski definition) is 4. The van der Waals surface area contributed by atoms with E-state index in [9.17, 15) is 10.2 Å². The Labute approximate surface area is 254 Å². The number of hydrogen-bond acceptors (Lipinski definition) is 6. The Hall–Kier alpha value is -4.32. The number of anilines is 2. The lowest BCUT2D eigenvalue weighted by Crippen LogP contribution is -2.28. The van der Waals surface area contributed by atoms with Gasteiger partial charge in [-0.05, 0) is 120 Å². The minimum Gasteiger partial charge on any atom is -0.506 e. The van der Waals surface area contributed by atoms with E-state index in [1.54, 1.807) is 36.4 Å². The normalized spacial score (nSPS) is 17.1. The summed E-state index contributed by atoms with van der Waals surface area (Å²) in [5.74, 6) is 2.72. The molecule has 6 N–H and O–H groups in total. The molecule has 2 aliphatic carbocycles. The molecule has 1 spiro atoms. The summed E-state index contributed by atoms with van der Waals surface area (Å²) >= 11 is 0. The van der Waals surface area contributed by atoms with Crippen LogP contribution in [0.25, 0.3) is 0 Å². The van der Waals surface area contributed by atoms with E-state index in [1.807, 2.05) is 0 Å². The summed E-state index contributed by atoms with van der Waals surface area (Å²) in [5.41, 5.74) is 21.7. The van der Waals surface area contributed by atoms with E-state index in [4.69, 9.17) is 20.9 Å². The highest BCUT2D eigenvalue weighted by Crippen LogP contribution is 2.66. The second-order valence-electron chi connectivity index (χ2n) is 14.0. The first-order chi connectivity index (χ1) is 20.1. The molecular weight excluding hydrogens is 536 g/mol. The molecule has 2 aliphatic rings. The second kappa shape index (κ2) is 9.34. The molecule has 6 rings (SSSR count). The van der Waals surface area contributed by atoms with Crippen LogP contribution in [0.2, 0.25) is 0 Å². The van der Waals surface area contributed by atoms with Gasteiger partial charge in [-0.3, -0.25) is 0 Å². The second-order valence-corrected chi connectivity index (χ2v) is 14.0. The van der Waals surface area contributed by atoms with Gasteiger partial charge < -0.3 is 31.2 Å². The number of phenols is 2. The average Bonchev–Trinajstić information content (AvgIpc) is 3.26. The first-order valence-electron chi connectivity index (χ1n) is 14.9. The number of nitrogen functional groups attached to an aromatic ring is 2. The number of ether oxygens (including phenoxy) is 2. The van der Waals surface area contributed by atoms with Gasteiger partial charge in [-0.25, -0.2) is 0 Å². The Morgan fingerprint density at radius 1 is 0.605 bits per heavy atom. The van der Waals surface area contributed by atoms with E-state index in [2.05, 4.69) is 67.5 Å². The van der Waals surface area contributed by atoms with Crippen molar-refractivity contribution in [1.29, 1.82) is 0 Å². The number of rotatable bonds is 4. The van der Waals surface area contributed by atoms with Crippen molar-refractivity contribution in [3.8, 4) is 34.5 Å². The maximum absolute atomic E-state index is 10.3. The van der Waals surface area contributed by atoms with Crippen molar-refractivity contribution >= 4 is 11.4 Å². The molecule has 0 heterocycles. The van der Waals surface area contributed by atoms with Crippen molar-refractivity contribution < 1.29 is 19.7 Å². The highest BCUT2D eigenvalue weighted by molar-refractivity contribution is 5.69. The van der Waals surface area contributed by atoms with Gasteiger partial charge >= 0.3 is 0 Å². The molecule has 6 heteroatoms. The third-order valence-corrected chi connectivity index (χ3v) is 9.75. The Balaban J connectivity index is 1.57. The van der Waals surface area contributed by atoms with Crippen LogP contribution < -0.4 is 20.9 Å². The molecule has 0 aliphatic heterocycles. The molecule has 0 bridgehead atoms. The van der Waals surface area contributed by atoms with Crippen LogP contribution in [0, 0.1) is 27.7 Å². The number of aryl methyl sites for hydroxylation is 2. The molecule has 6 nitrogen and oxygen atoms in total. The minimum absolute atomic E-state index is 0.00554. The molecule has 0 amide bonds. The van der Waals surface area contributed by atoms with Gasteiger partial charge in [-0.15, -0.1) is 0 Å². The van der Waals surface area contributed by atoms with Crippen molar-refractivity contribution in [3.05, 3.63) is 93.0 Å². The number of phenolic OH excluding ortho intramolecular Hbond substituents is 2. The molecule has 224 valence electrons. The zero-order chi connectivity index (χ0) is 31.2. The molecule has 0 saturated carbocycles. The van der Waals surface area contributed by atoms with Crippen molar-refractivity contribution in [2.45, 2.75) is 84.5 Å². The van der Waals surface area contributed by atoms with Crippen molar-refractivity contribution in [2.75, 3.05) is 11.5 Å². The van der Waals surface area contributed by atoms with Gasteiger partial charge in [0.25, 0.3) is 0 Å². The van der Waals surface area contributed by atoms with Crippen LogP contribution in [0.3, 0.4) is 0 Å². The van der Waals surface area contributed by atoms with Gasteiger partial charge in [-0.2, -0.15) is 0 Å². The molecule has 4 aromatic carbocycles. The standard InChI is InChI=1S/C37H42N2O4/c1-19-13-25-31(21(3)33(19)42-23-9-11-27(38)29(40)15-23)37(17-35(25,5)6)18-36(7,8)26-14-20(2)34(22(4)32(26)37)43-24-10-12-28(39)30(41)16-24/h9-16,40-41H,17-18,38-39H2,1-8H3. The molecule has 0 unspecified atom stereocenters. The van der Waals surface area contributed by atoms with Crippen LogP contribution in [0.15, 0.2) is 48.5 Å². The SMILES string of the molecule is Cc1cc2c(c(C)c1Oc1ccc(N)c(O)c1)C1(CC2(C)C)CC(C)(C)c2cc(C)c(Oc3ccc(N)c(O)c3)c(C)c21. The predicted molar refractivity (Wildman–Crippen MR) is 173 cm³/mol. The topological polar surface area (TPSA) is 111 Å². The molecule has 43 heavy (non-hydrogen) atoms. The summed E-state index contributed by atoms with van der Waals surface area (Å²) in [6.07, 6.45) is 1.92. The van der Waals surface area contributed by atoms with Gasteiger partial charge in [0.2, 0.25) is 0 Å². The van der Waals surface area contributed by atoms with Gasteiger partial charge in [0.1, 0.15) is 34.5 Å². The van der Waals surface area contributed by atoms with Gasteiger partial charge in [0.15, 0.2) is 0 Å². The van der Waals surface area contributed by atoms with E-state index >= 15 is 0 Å². The lowest BCUT2D eigenvalue weighted by atomic mass is 9.70. The Bertz CT molecular complexity index is 1690. The van der Waals surface area contributed by atoms with E-state index in [0.29, 0.717) is 22.9 Å². The van der Waals surface area contributed by atoms with Crippen molar-refractivity contribution in [3.63, 3.8) is 0 Å². The first kappa shape index (κ1) is 28.8. The maximum atomic E-state index is 10.3. The molecule has 0 aromatic heterocycles. The number of fused-ring (bicyclic) bond motifs is 4. The lowest BCUT2D eigenvalue weighted by molar-refractivity contribution is 0.347. The molecular formula is C37H42N2O4. The fraction of sp³-hybridized carbons (Fsp3) is 0.351. The van der Waals surface area contributed by atoms with Gasteiger partial charge in [0, 0.05) is 17.5 Å². The predicted octanol–water partition coefficient (Wildman–Crippen LogP) is 8.73. The zero-order valence-corrected chi connectivity index (χ0v) is 26.4. The summed E-state index contributed by atoms with van der Waals surface area (Å²) in [5, 5.41) is 20.5. The highest BCUT2D eigenvalue weighted by Gasteiger charge is 2.58. The minimum atomic E-state index is -0.254. The average molecular weight is 579 g/mol. The van der Waals surface area contributed by atoms with Crippen molar-refractivity contribution in [1.82, 2.24) is 0 Å². The molecule has 0 fully saturated rings. The van der Waals surface area contributed by atoms with E-state index in [1.165, 1.54) is 22.3 Å². The third kappa shape index (κ3) is 4.30. The maximum Gasteiger partial charge on any atom is 0.142 e.